The van der Waals surface area contributed by atoms with E-state index in [9.17, 15) is 4.79 Å². The predicted octanol–water partition coefficient (Wildman–Crippen LogP) is 3.12. The van der Waals surface area contributed by atoms with Crippen LogP contribution in [0.4, 0.5) is 0 Å². The Hall–Kier alpha value is -0.320. The molecule has 1 amide bonds. The van der Waals surface area contributed by atoms with Crippen molar-refractivity contribution in [2.24, 2.45) is 11.8 Å². The highest BCUT2D eigenvalue weighted by Gasteiger charge is 2.35. The van der Waals surface area contributed by atoms with Gasteiger partial charge in [0.15, 0.2) is 0 Å². The lowest BCUT2D eigenvalue weighted by Gasteiger charge is -2.34. The summed E-state index contributed by atoms with van der Waals surface area (Å²) in [6, 6.07) is 0. The number of amides is 1. The largest absolute Gasteiger partial charge is 0.380 e. The lowest BCUT2D eigenvalue weighted by Crippen LogP contribution is -2.44. The molecule has 22 heavy (non-hydrogen) atoms. The van der Waals surface area contributed by atoms with Crippen molar-refractivity contribution in [2.75, 3.05) is 20.3 Å². The molecule has 0 aromatic rings. The third kappa shape index (κ3) is 5.10. The molecule has 0 aromatic heterocycles. The van der Waals surface area contributed by atoms with Crippen molar-refractivity contribution in [3.05, 3.63) is 0 Å². The van der Waals surface area contributed by atoms with Crippen molar-refractivity contribution >= 4 is 17.5 Å². The van der Waals surface area contributed by atoms with Gasteiger partial charge in [0.1, 0.15) is 0 Å². The average molecular weight is 332 g/mol. The zero-order chi connectivity index (χ0) is 15.9. The van der Waals surface area contributed by atoms with E-state index in [4.69, 9.17) is 21.1 Å². The second-order valence-electron chi connectivity index (χ2n) is 6.75. The van der Waals surface area contributed by atoms with E-state index >= 15 is 0 Å². The number of carbonyl (C=O) groups excluding carboxylic acids is 1. The van der Waals surface area contributed by atoms with Gasteiger partial charge in [-0.3, -0.25) is 4.79 Å². The smallest absolute Gasteiger partial charge is 0.225 e. The minimum Gasteiger partial charge on any atom is -0.380 e. The van der Waals surface area contributed by atoms with Gasteiger partial charge in [0.05, 0.1) is 24.7 Å². The summed E-state index contributed by atoms with van der Waals surface area (Å²) in [6.45, 7) is 3.34. The third-order valence-electron chi connectivity index (χ3n) is 5.10. The van der Waals surface area contributed by atoms with Crippen LogP contribution in [0.3, 0.4) is 0 Å². The minimum atomic E-state index is -0.0135. The predicted molar refractivity (Wildman–Crippen MR) is 88.2 cm³/mol. The average Bonchev–Trinajstić information content (AvgIpc) is 2.52. The molecule has 0 aromatic carbocycles. The van der Waals surface area contributed by atoms with Gasteiger partial charge in [-0.25, -0.2) is 0 Å². The number of hydrogen-bond acceptors (Lipinski definition) is 3. The molecule has 0 bridgehead atoms. The van der Waals surface area contributed by atoms with Gasteiger partial charge in [0.25, 0.3) is 0 Å². The Bertz CT molecular complexity index is 345. The van der Waals surface area contributed by atoms with Gasteiger partial charge in [-0.05, 0) is 44.4 Å². The Balaban J connectivity index is 1.64. The molecule has 0 saturated heterocycles. The summed E-state index contributed by atoms with van der Waals surface area (Å²) >= 11 is 6.09. The molecule has 0 spiro atoms. The van der Waals surface area contributed by atoms with Gasteiger partial charge in [0.2, 0.25) is 5.91 Å². The number of methoxy groups -OCH3 is 1. The number of carbonyl (C=O) groups is 1. The van der Waals surface area contributed by atoms with Crippen LogP contribution in [-0.2, 0) is 14.3 Å². The minimum absolute atomic E-state index is 0.0135. The quantitative estimate of drug-likeness (QED) is 0.601. The summed E-state index contributed by atoms with van der Waals surface area (Å²) in [4.78, 5) is 12.3. The Kier molecular flexibility index (Phi) is 7.45. The molecule has 3 atom stereocenters. The van der Waals surface area contributed by atoms with Crippen LogP contribution in [0.25, 0.3) is 0 Å². The van der Waals surface area contributed by atoms with Gasteiger partial charge in [0, 0.05) is 19.0 Å². The van der Waals surface area contributed by atoms with E-state index in [0.717, 1.165) is 44.9 Å². The SMILES string of the molecule is COC1C(C)CCCC1C(=O)NCCOC1CCC(Cl)CC1. The van der Waals surface area contributed by atoms with E-state index in [1.807, 2.05) is 0 Å². The number of nitrogens with one attached hydrogen (secondary N) is 1. The Morgan fingerprint density at radius 2 is 1.91 bits per heavy atom. The summed E-state index contributed by atoms with van der Waals surface area (Å²) in [5.74, 6) is 0.559. The van der Waals surface area contributed by atoms with Crippen molar-refractivity contribution in [2.45, 2.75) is 69.5 Å². The molecule has 2 fully saturated rings. The van der Waals surface area contributed by atoms with E-state index in [1.54, 1.807) is 7.11 Å². The second-order valence-corrected chi connectivity index (χ2v) is 7.37. The Labute approximate surface area is 139 Å². The van der Waals surface area contributed by atoms with Crippen molar-refractivity contribution in [1.29, 1.82) is 0 Å². The van der Waals surface area contributed by atoms with E-state index in [2.05, 4.69) is 12.2 Å². The topological polar surface area (TPSA) is 47.6 Å². The molecular formula is C17H30ClNO3. The molecule has 2 saturated carbocycles. The van der Waals surface area contributed by atoms with Crippen molar-refractivity contribution in [1.82, 2.24) is 5.32 Å². The van der Waals surface area contributed by atoms with Gasteiger partial charge >= 0.3 is 0 Å². The second kappa shape index (κ2) is 9.09. The van der Waals surface area contributed by atoms with Crippen molar-refractivity contribution in [3.63, 3.8) is 0 Å². The van der Waals surface area contributed by atoms with E-state index in [1.165, 1.54) is 0 Å². The maximum Gasteiger partial charge on any atom is 0.225 e. The number of hydrogen-bond donors (Lipinski definition) is 1. The molecule has 0 aliphatic heterocycles. The highest BCUT2D eigenvalue weighted by molar-refractivity contribution is 6.20. The lowest BCUT2D eigenvalue weighted by atomic mass is 9.79. The fraction of sp³-hybridized carbons (Fsp3) is 0.941. The first-order valence-corrected chi connectivity index (χ1v) is 9.11. The zero-order valence-corrected chi connectivity index (χ0v) is 14.6. The van der Waals surface area contributed by atoms with Crippen LogP contribution < -0.4 is 5.32 Å². The maximum atomic E-state index is 12.3. The van der Waals surface area contributed by atoms with Crippen LogP contribution in [0.1, 0.15) is 51.9 Å². The monoisotopic (exact) mass is 331 g/mol. The van der Waals surface area contributed by atoms with Gasteiger partial charge in [-0.2, -0.15) is 0 Å². The first-order valence-electron chi connectivity index (χ1n) is 8.68. The van der Waals surface area contributed by atoms with Gasteiger partial charge in [-0.1, -0.05) is 13.3 Å². The van der Waals surface area contributed by atoms with Crippen LogP contribution in [0.2, 0.25) is 0 Å². The van der Waals surface area contributed by atoms with Gasteiger partial charge in [-0.15, -0.1) is 11.6 Å². The fourth-order valence-corrected chi connectivity index (χ4v) is 4.03. The maximum absolute atomic E-state index is 12.3. The van der Waals surface area contributed by atoms with E-state index in [0.29, 0.717) is 30.6 Å². The normalized spacial score (nSPS) is 36.0. The van der Waals surface area contributed by atoms with Crippen molar-refractivity contribution < 1.29 is 14.3 Å². The molecule has 2 aliphatic rings. The number of alkyl halides is 1. The molecule has 3 unspecified atom stereocenters. The highest BCUT2D eigenvalue weighted by atomic mass is 35.5. The van der Waals surface area contributed by atoms with Crippen LogP contribution >= 0.6 is 11.6 Å². The summed E-state index contributed by atoms with van der Waals surface area (Å²) in [5, 5.41) is 3.33. The molecular weight excluding hydrogens is 302 g/mol. The van der Waals surface area contributed by atoms with Crippen LogP contribution in [0.5, 0.6) is 0 Å². The highest BCUT2D eigenvalue weighted by Crippen LogP contribution is 2.31. The summed E-state index contributed by atoms with van der Waals surface area (Å²) in [5.41, 5.74) is 0. The molecule has 5 heteroatoms. The molecule has 0 radical (unpaired) electrons. The van der Waals surface area contributed by atoms with Crippen molar-refractivity contribution in [3.8, 4) is 0 Å². The van der Waals surface area contributed by atoms with Crippen LogP contribution in [0.15, 0.2) is 0 Å². The van der Waals surface area contributed by atoms with Crippen LogP contribution in [-0.4, -0.2) is 43.8 Å². The zero-order valence-electron chi connectivity index (χ0n) is 13.9. The summed E-state index contributed by atoms with van der Waals surface area (Å²) in [6.07, 6.45) is 7.69. The van der Waals surface area contributed by atoms with E-state index < -0.39 is 0 Å². The molecule has 2 aliphatic carbocycles. The first-order chi connectivity index (χ1) is 10.6. The van der Waals surface area contributed by atoms with Crippen LogP contribution in [0, 0.1) is 11.8 Å². The summed E-state index contributed by atoms with van der Waals surface area (Å²) < 4.78 is 11.4. The molecule has 1 N–H and O–H groups in total. The standard InChI is InChI=1S/C17H30ClNO3/c1-12-4-3-5-15(16(12)21-2)17(20)19-10-11-22-14-8-6-13(18)7-9-14/h12-16H,3-11H2,1-2H3,(H,19,20). The van der Waals surface area contributed by atoms with E-state index in [-0.39, 0.29) is 17.9 Å². The number of ether oxygens (including phenoxy) is 2. The Morgan fingerprint density at radius 1 is 1.18 bits per heavy atom. The number of rotatable bonds is 6. The first kappa shape index (κ1) is 18.0. The molecule has 128 valence electrons. The summed E-state index contributed by atoms with van der Waals surface area (Å²) in [7, 11) is 1.71. The Morgan fingerprint density at radius 3 is 2.59 bits per heavy atom. The lowest BCUT2D eigenvalue weighted by molar-refractivity contribution is -0.134. The molecule has 0 heterocycles. The number of halogens is 1. The third-order valence-corrected chi connectivity index (χ3v) is 5.54. The van der Waals surface area contributed by atoms with Gasteiger partial charge < -0.3 is 14.8 Å². The molecule has 4 nitrogen and oxygen atoms in total. The molecule has 2 rings (SSSR count). The fourth-order valence-electron chi connectivity index (χ4n) is 3.78.